The maximum absolute atomic E-state index is 13.6. The summed E-state index contributed by atoms with van der Waals surface area (Å²) >= 11 is 0. The van der Waals surface area contributed by atoms with Crippen molar-refractivity contribution in [3.05, 3.63) is 65.5 Å². The number of nitrogens with zero attached hydrogens (tertiary/aromatic N) is 2. The average molecular weight is 476 g/mol. The van der Waals surface area contributed by atoms with Gasteiger partial charge in [-0.1, -0.05) is 37.1 Å². The lowest BCUT2D eigenvalue weighted by Gasteiger charge is -2.25. The van der Waals surface area contributed by atoms with Crippen molar-refractivity contribution in [2.75, 3.05) is 33.7 Å². The molecule has 1 N–H and O–H groups in total. The number of carbonyl (C=O) groups excluding carboxylic acids is 1. The molecule has 8 heteroatoms. The van der Waals surface area contributed by atoms with Gasteiger partial charge in [0, 0.05) is 26.1 Å². The molecule has 0 bridgehead atoms. The minimum absolute atomic E-state index is 0.0977. The standard InChI is InChI=1S/C25H34FN3O3S/c1-28(2)24(21-8-7-9-22(26)18-21)19-27-25(30)15-12-20-10-13-23(14-11-20)33(31,32)29-16-5-3-4-6-17-29/h7-11,13-14,18,24H,3-6,12,15-17,19H2,1-2H3,(H,27,30). The highest BCUT2D eigenvalue weighted by molar-refractivity contribution is 7.89. The van der Waals surface area contributed by atoms with Crippen LogP contribution < -0.4 is 5.32 Å². The number of halogens is 1. The van der Waals surface area contributed by atoms with Crippen LogP contribution in [0.1, 0.15) is 49.3 Å². The first-order valence-electron chi connectivity index (χ1n) is 11.5. The van der Waals surface area contributed by atoms with Crippen LogP contribution in [0.15, 0.2) is 53.4 Å². The Bertz CT molecular complexity index is 1020. The van der Waals surface area contributed by atoms with Gasteiger partial charge in [-0.25, -0.2) is 12.8 Å². The van der Waals surface area contributed by atoms with Gasteiger partial charge in [-0.05, 0) is 68.8 Å². The van der Waals surface area contributed by atoms with Gasteiger partial charge in [-0.2, -0.15) is 4.31 Å². The van der Waals surface area contributed by atoms with E-state index in [0.717, 1.165) is 36.8 Å². The normalized spacial score (nSPS) is 16.4. The van der Waals surface area contributed by atoms with Gasteiger partial charge in [-0.15, -0.1) is 0 Å². The summed E-state index contributed by atoms with van der Waals surface area (Å²) < 4.78 is 41.0. The van der Waals surface area contributed by atoms with Crippen LogP contribution in [-0.2, 0) is 21.2 Å². The monoisotopic (exact) mass is 475 g/mol. The summed E-state index contributed by atoms with van der Waals surface area (Å²) in [4.78, 5) is 14.7. The molecule has 3 rings (SSSR count). The fourth-order valence-corrected chi connectivity index (χ4v) is 5.65. The van der Waals surface area contributed by atoms with Crippen LogP contribution >= 0.6 is 0 Å². The fourth-order valence-electron chi connectivity index (χ4n) is 4.13. The minimum atomic E-state index is -3.47. The Morgan fingerprint density at radius 1 is 1.06 bits per heavy atom. The SMILES string of the molecule is CN(C)C(CNC(=O)CCc1ccc(S(=O)(=O)N2CCCCCC2)cc1)c1cccc(F)c1. The Balaban J connectivity index is 1.52. The molecule has 1 fully saturated rings. The fraction of sp³-hybridized carbons (Fsp3) is 0.480. The number of hydrogen-bond donors (Lipinski definition) is 1. The third-order valence-corrected chi connectivity index (χ3v) is 8.03. The zero-order chi connectivity index (χ0) is 23.8. The number of likely N-dealkylation sites (N-methyl/N-ethyl adjacent to an activating group) is 1. The molecule has 1 aliphatic heterocycles. The van der Waals surface area contributed by atoms with Crippen molar-refractivity contribution >= 4 is 15.9 Å². The maximum Gasteiger partial charge on any atom is 0.243 e. The summed E-state index contributed by atoms with van der Waals surface area (Å²) in [5, 5.41) is 2.93. The van der Waals surface area contributed by atoms with Crippen molar-refractivity contribution in [2.24, 2.45) is 0 Å². The highest BCUT2D eigenvalue weighted by atomic mass is 32.2. The van der Waals surface area contributed by atoms with Crippen LogP contribution in [0.25, 0.3) is 0 Å². The second-order valence-corrected chi connectivity index (χ2v) is 10.7. The molecule has 1 aliphatic rings. The smallest absolute Gasteiger partial charge is 0.243 e. The summed E-state index contributed by atoms with van der Waals surface area (Å²) in [6, 6.07) is 13.1. The maximum atomic E-state index is 13.6. The summed E-state index contributed by atoms with van der Waals surface area (Å²) in [6.07, 6.45) is 4.76. The molecule has 0 radical (unpaired) electrons. The van der Waals surface area contributed by atoms with E-state index in [0.29, 0.717) is 37.4 Å². The molecule has 0 spiro atoms. The highest BCUT2D eigenvalue weighted by Crippen LogP contribution is 2.21. The topological polar surface area (TPSA) is 69.7 Å². The Morgan fingerprint density at radius 3 is 2.33 bits per heavy atom. The number of aryl methyl sites for hydroxylation is 1. The largest absolute Gasteiger partial charge is 0.354 e. The van der Waals surface area contributed by atoms with Crippen molar-refractivity contribution in [1.29, 1.82) is 0 Å². The van der Waals surface area contributed by atoms with Gasteiger partial charge < -0.3 is 10.2 Å². The van der Waals surface area contributed by atoms with Gasteiger partial charge in [0.25, 0.3) is 0 Å². The van der Waals surface area contributed by atoms with Gasteiger partial charge in [0.15, 0.2) is 0 Å². The van der Waals surface area contributed by atoms with E-state index in [-0.39, 0.29) is 17.8 Å². The molecular weight excluding hydrogens is 441 g/mol. The predicted molar refractivity (Wildman–Crippen MR) is 128 cm³/mol. The number of nitrogens with one attached hydrogen (secondary N) is 1. The molecule has 1 atom stereocenters. The molecule has 1 heterocycles. The molecule has 0 aromatic heterocycles. The van der Waals surface area contributed by atoms with E-state index in [1.165, 1.54) is 12.1 Å². The molecule has 33 heavy (non-hydrogen) atoms. The van der Waals surface area contributed by atoms with E-state index in [1.54, 1.807) is 34.6 Å². The zero-order valence-electron chi connectivity index (χ0n) is 19.5. The van der Waals surface area contributed by atoms with Crippen LogP contribution in [0.3, 0.4) is 0 Å². The van der Waals surface area contributed by atoms with E-state index >= 15 is 0 Å². The molecule has 0 saturated carbocycles. The highest BCUT2D eigenvalue weighted by Gasteiger charge is 2.25. The first kappa shape index (κ1) is 25.3. The quantitative estimate of drug-likeness (QED) is 0.600. The minimum Gasteiger partial charge on any atom is -0.354 e. The van der Waals surface area contributed by atoms with Crippen LogP contribution in [0.2, 0.25) is 0 Å². The van der Waals surface area contributed by atoms with Crippen LogP contribution in [0.5, 0.6) is 0 Å². The summed E-state index contributed by atoms with van der Waals surface area (Å²) in [6.45, 7) is 1.53. The van der Waals surface area contributed by atoms with E-state index in [4.69, 9.17) is 0 Å². The summed E-state index contributed by atoms with van der Waals surface area (Å²) in [5.74, 6) is -0.397. The zero-order valence-corrected chi connectivity index (χ0v) is 20.3. The summed E-state index contributed by atoms with van der Waals surface area (Å²) in [5.41, 5.74) is 1.72. The van der Waals surface area contributed by atoms with Crippen molar-refractivity contribution in [3.63, 3.8) is 0 Å². The number of carbonyl (C=O) groups is 1. The second-order valence-electron chi connectivity index (χ2n) is 8.80. The molecule has 6 nitrogen and oxygen atoms in total. The van der Waals surface area contributed by atoms with E-state index in [9.17, 15) is 17.6 Å². The Labute approximate surface area is 196 Å². The predicted octanol–water partition coefficient (Wildman–Crippen LogP) is 3.74. The van der Waals surface area contributed by atoms with Gasteiger partial charge in [0.05, 0.1) is 10.9 Å². The lowest BCUT2D eigenvalue weighted by atomic mass is 10.1. The number of rotatable bonds is 9. The van der Waals surface area contributed by atoms with E-state index in [1.807, 2.05) is 25.1 Å². The first-order valence-corrected chi connectivity index (χ1v) is 13.0. The van der Waals surface area contributed by atoms with Crippen LogP contribution in [0.4, 0.5) is 4.39 Å². The Kier molecular flexibility index (Phi) is 9.00. The third-order valence-electron chi connectivity index (χ3n) is 6.12. The van der Waals surface area contributed by atoms with Gasteiger partial charge in [0.2, 0.25) is 15.9 Å². The van der Waals surface area contributed by atoms with Gasteiger partial charge in [-0.3, -0.25) is 4.79 Å². The van der Waals surface area contributed by atoms with Gasteiger partial charge in [0.1, 0.15) is 5.82 Å². The first-order chi connectivity index (χ1) is 15.8. The molecule has 1 saturated heterocycles. The number of benzene rings is 2. The molecule has 2 aromatic rings. The van der Waals surface area contributed by atoms with Crippen LogP contribution in [0, 0.1) is 5.82 Å². The van der Waals surface area contributed by atoms with Crippen molar-refractivity contribution in [1.82, 2.24) is 14.5 Å². The van der Waals surface area contributed by atoms with Crippen molar-refractivity contribution in [3.8, 4) is 0 Å². The van der Waals surface area contributed by atoms with E-state index in [2.05, 4.69) is 5.32 Å². The molecule has 2 aromatic carbocycles. The number of hydrogen-bond acceptors (Lipinski definition) is 4. The third kappa shape index (κ3) is 7.09. The molecule has 0 aliphatic carbocycles. The molecular formula is C25H34FN3O3S. The van der Waals surface area contributed by atoms with Gasteiger partial charge >= 0.3 is 0 Å². The molecule has 180 valence electrons. The Morgan fingerprint density at radius 2 is 1.73 bits per heavy atom. The lowest BCUT2D eigenvalue weighted by molar-refractivity contribution is -0.121. The number of amides is 1. The molecule has 1 unspecified atom stereocenters. The van der Waals surface area contributed by atoms with Crippen molar-refractivity contribution in [2.45, 2.75) is 49.5 Å². The number of sulfonamides is 1. The molecule has 1 amide bonds. The second kappa shape index (κ2) is 11.7. The summed E-state index contributed by atoms with van der Waals surface area (Å²) in [7, 11) is 0.317. The Hall–Kier alpha value is -2.29. The van der Waals surface area contributed by atoms with E-state index < -0.39 is 10.0 Å². The van der Waals surface area contributed by atoms with Crippen molar-refractivity contribution < 1.29 is 17.6 Å². The average Bonchev–Trinajstić information content (AvgIpc) is 3.08. The lowest BCUT2D eigenvalue weighted by Crippen LogP contribution is -2.34. The van der Waals surface area contributed by atoms with Crippen LogP contribution in [-0.4, -0.2) is 57.3 Å².